The number of thioether (sulfide) groups is 1. The van der Waals surface area contributed by atoms with Gasteiger partial charge in [0.2, 0.25) is 22.9 Å². The van der Waals surface area contributed by atoms with Crippen LogP contribution in [0.25, 0.3) is 0 Å². The van der Waals surface area contributed by atoms with Crippen molar-refractivity contribution < 1.29 is 14.4 Å². The number of hydrogen-bond donors (Lipinski definition) is 2. The van der Waals surface area contributed by atoms with Gasteiger partial charge in [-0.25, -0.2) is 0 Å². The predicted molar refractivity (Wildman–Crippen MR) is 136 cm³/mol. The molecule has 1 aliphatic heterocycles. The predicted octanol–water partition coefficient (Wildman–Crippen LogP) is 4.96. The first-order valence-electron chi connectivity index (χ1n) is 10.3. The molecule has 4 rings (SSSR count). The van der Waals surface area contributed by atoms with Crippen LogP contribution in [0.2, 0.25) is 10.0 Å². The second-order valence-corrected chi connectivity index (χ2v) is 10.5. The van der Waals surface area contributed by atoms with E-state index in [1.807, 2.05) is 30.3 Å². The summed E-state index contributed by atoms with van der Waals surface area (Å²) in [5.74, 6) is -0.492. The Balaban J connectivity index is 1.23. The Hall–Kier alpha value is -2.66. The van der Waals surface area contributed by atoms with Crippen molar-refractivity contribution in [1.29, 1.82) is 0 Å². The van der Waals surface area contributed by atoms with Crippen LogP contribution < -0.4 is 15.5 Å². The van der Waals surface area contributed by atoms with Gasteiger partial charge in [0.05, 0.1) is 16.0 Å². The first-order chi connectivity index (χ1) is 16.4. The number of para-hydroxylation sites is 1. The maximum absolute atomic E-state index is 12.6. The van der Waals surface area contributed by atoms with Gasteiger partial charge in [-0.3, -0.25) is 14.4 Å². The Labute approximate surface area is 214 Å². The molecular weight excluding hydrogens is 517 g/mol. The molecule has 0 spiro atoms. The molecule has 0 aliphatic carbocycles. The molecule has 1 atom stereocenters. The second-order valence-electron chi connectivity index (χ2n) is 7.38. The Kier molecular flexibility index (Phi) is 8.04. The van der Waals surface area contributed by atoms with Crippen LogP contribution in [0.1, 0.15) is 12.8 Å². The molecule has 1 aliphatic rings. The molecule has 34 heavy (non-hydrogen) atoms. The highest BCUT2D eigenvalue weighted by Gasteiger charge is 2.35. The molecule has 2 aromatic carbocycles. The van der Waals surface area contributed by atoms with Gasteiger partial charge in [-0.05, 0) is 30.3 Å². The fraction of sp³-hybridized carbons (Fsp3) is 0.227. The van der Waals surface area contributed by atoms with Gasteiger partial charge < -0.3 is 15.5 Å². The van der Waals surface area contributed by atoms with Crippen molar-refractivity contribution in [1.82, 2.24) is 10.2 Å². The maximum atomic E-state index is 12.6. The third-order valence-corrected chi connectivity index (χ3v) is 7.67. The number of benzene rings is 2. The Morgan fingerprint density at radius 3 is 2.65 bits per heavy atom. The summed E-state index contributed by atoms with van der Waals surface area (Å²) in [5, 5.41) is 14.7. The summed E-state index contributed by atoms with van der Waals surface area (Å²) >= 11 is 14.4. The maximum Gasteiger partial charge on any atom is 0.231 e. The topological polar surface area (TPSA) is 104 Å². The number of rotatable bonds is 8. The van der Waals surface area contributed by atoms with Crippen LogP contribution >= 0.6 is 46.3 Å². The number of amides is 3. The van der Waals surface area contributed by atoms with Gasteiger partial charge >= 0.3 is 0 Å². The third kappa shape index (κ3) is 6.26. The summed E-state index contributed by atoms with van der Waals surface area (Å²) < 4.78 is 0.631. The zero-order valence-electron chi connectivity index (χ0n) is 17.7. The van der Waals surface area contributed by atoms with Crippen molar-refractivity contribution in [3.8, 4) is 0 Å². The van der Waals surface area contributed by atoms with E-state index in [-0.39, 0.29) is 30.6 Å². The van der Waals surface area contributed by atoms with E-state index in [0.717, 1.165) is 5.69 Å². The highest BCUT2D eigenvalue weighted by molar-refractivity contribution is 8.01. The highest BCUT2D eigenvalue weighted by Crippen LogP contribution is 2.29. The Bertz CT molecular complexity index is 1210. The van der Waals surface area contributed by atoms with Crippen molar-refractivity contribution in [3.05, 3.63) is 58.6 Å². The van der Waals surface area contributed by atoms with Gasteiger partial charge in [0, 0.05) is 36.5 Å². The lowest BCUT2D eigenvalue weighted by atomic mass is 10.1. The zero-order chi connectivity index (χ0) is 24.1. The molecule has 8 nitrogen and oxygen atoms in total. The molecule has 0 bridgehead atoms. The van der Waals surface area contributed by atoms with Crippen LogP contribution in [0.5, 0.6) is 0 Å². The van der Waals surface area contributed by atoms with Crippen LogP contribution in [0, 0.1) is 5.92 Å². The van der Waals surface area contributed by atoms with Crippen LogP contribution in [-0.2, 0) is 14.4 Å². The van der Waals surface area contributed by atoms with Gasteiger partial charge in [-0.15, -0.1) is 10.2 Å². The third-order valence-electron chi connectivity index (χ3n) is 4.96. The van der Waals surface area contributed by atoms with Crippen molar-refractivity contribution in [2.24, 2.45) is 5.92 Å². The minimum atomic E-state index is -0.460. The van der Waals surface area contributed by atoms with Crippen molar-refractivity contribution in [2.75, 3.05) is 27.8 Å². The van der Waals surface area contributed by atoms with Gasteiger partial charge in [0.25, 0.3) is 0 Å². The smallest absolute Gasteiger partial charge is 0.231 e. The molecule has 3 amide bonds. The Morgan fingerprint density at radius 1 is 1.09 bits per heavy atom. The number of nitrogens with zero attached hydrogens (tertiary/aromatic N) is 3. The molecule has 2 N–H and O–H groups in total. The van der Waals surface area contributed by atoms with Gasteiger partial charge in [-0.2, -0.15) is 0 Å². The molecule has 176 valence electrons. The molecule has 1 aromatic heterocycles. The minimum Gasteiger partial charge on any atom is -0.326 e. The Morgan fingerprint density at radius 2 is 1.88 bits per heavy atom. The molecular formula is C22H19Cl2N5O3S2. The SMILES string of the molecule is O=C(CCSc1nnc(NC(=O)C2CC(=O)N(c3ccccc3)C2)s1)Nc1ccc(Cl)c(Cl)c1. The number of anilines is 3. The first-order valence-corrected chi connectivity index (χ1v) is 12.8. The van der Waals surface area contributed by atoms with Crippen LogP contribution in [0.3, 0.4) is 0 Å². The second kappa shape index (κ2) is 11.2. The molecule has 0 radical (unpaired) electrons. The number of carbonyl (C=O) groups is 3. The molecule has 12 heteroatoms. The zero-order valence-corrected chi connectivity index (χ0v) is 20.8. The summed E-state index contributed by atoms with van der Waals surface area (Å²) in [6.45, 7) is 0.322. The number of nitrogens with one attached hydrogen (secondary N) is 2. The average Bonchev–Trinajstić information content (AvgIpc) is 3.43. The van der Waals surface area contributed by atoms with E-state index in [0.29, 0.717) is 37.5 Å². The number of aromatic nitrogens is 2. The normalized spacial score (nSPS) is 15.4. The van der Waals surface area contributed by atoms with Crippen LogP contribution in [0.15, 0.2) is 52.9 Å². The summed E-state index contributed by atoms with van der Waals surface area (Å²) in [4.78, 5) is 38.7. The van der Waals surface area contributed by atoms with Crippen LogP contribution in [0.4, 0.5) is 16.5 Å². The molecule has 2 heterocycles. The quantitative estimate of drug-likeness (QED) is 0.312. The van der Waals surface area contributed by atoms with Crippen molar-refractivity contribution in [3.63, 3.8) is 0 Å². The van der Waals surface area contributed by atoms with E-state index in [4.69, 9.17) is 23.2 Å². The number of halogens is 2. The van der Waals surface area contributed by atoms with E-state index in [1.54, 1.807) is 23.1 Å². The average molecular weight is 536 g/mol. The lowest BCUT2D eigenvalue weighted by molar-refractivity contribution is -0.122. The molecule has 0 saturated carbocycles. The van der Waals surface area contributed by atoms with E-state index < -0.39 is 5.92 Å². The van der Waals surface area contributed by atoms with E-state index in [1.165, 1.54) is 23.1 Å². The van der Waals surface area contributed by atoms with Crippen LogP contribution in [-0.4, -0.2) is 40.2 Å². The molecule has 3 aromatic rings. The van der Waals surface area contributed by atoms with Gasteiger partial charge in [-0.1, -0.05) is 64.5 Å². The van der Waals surface area contributed by atoms with Crippen molar-refractivity contribution >= 4 is 80.5 Å². The van der Waals surface area contributed by atoms with Crippen molar-refractivity contribution in [2.45, 2.75) is 17.2 Å². The summed E-state index contributed by atoms with van der Waals surface area (Å²) in [6.07, 6.45) is 0.404. The standard InChI is InChI=1S/C22H19Cl2N5O3S2/c23-16-7-6-14(11-17(16)24)25-18(30)8-9-33-22-28-27-21(34-22)26-20(32)13-10-19(31)29(12-13)15-4-2-1-3-5-15/h1-7,11,13H,8-10,12H2,(H,25,30)(H,26,27,32). The summed E-state index contributed by atoms with van der Waals surface area (Å²) in [5.41, 5.74) is 1.35. The lowest BCUT2D eigenvalue weighted by Gasteiger charge is -2.16. The van der Waals surface area contributed by atoms with Gasteiger partial charge in [0.1, 0.15) is 0 Å². The molecule has 1 saturated heterocycles. The van der Waals surface area contributed by atoms with E-state index >= 15 is 0 Å². The number of hydrogen-bond acceptors (Lipinski definition) is 7. The fourth-order valence-electron chi connectivity index (χ4n) is 3.30. The summed E-state index contributed by atoms with van der Waals surface area (Å²) in [6, 6.07) is 14.2. The first kappa shape index (κ1) is 24.5. The van der Waals surface area contributed by atoms with E-state index in [2.05, 4.69) is 20.8 Å². The number of carbonyl (C=O) groups excluding carboxylic acids is 3. The fourth-order valence-corrected chi connectivity index (χ4v) is 5.36. The monoisotopic (exact) mass is 535 g/mol. The van der Waals surface area contributed by atoms with Gasteiger partial charge in [0.15, 0.2) is 4.34 Å². The summed E-state index contributed by atoms with van der Waals surface area (Å²) in [7, 11) is 0. The molecule has 1 unspecified atom stereocenters. The minimum absolute atomic E-state index is 0.0843. The molecule has 1 fully saturated rings. The highest BCUT2D eigenvalue weighted by atomic mass is 35.5. The largest absolute Gasteiger partial charge is 0.326 e. The van der Waals surface area contributed by atoms with E-state index in [9.17, 15) is 14.4 Å². The lowest BCUT2D eigenvalue weighted by Crippen LogP contribution is -2.28.